The first-order chi connectivity index (χ1) is 23.3. The van der Waals surface area contributed by atoms with Crippen molar-refractivity contribution in [3.05, 3.63) is 105 Å². The number of thiazole rings is 2. The number of nitrogens with zero attached hydrogens (tertiary/aromatic N) is 3. The summed E-state index contributed by atoms with van der Waals surface area (Å²) < 4.78 is 5.49. The van der Waals surface area contributed by atoms with Crippen LogP contribution in [0.4, 0.5) is 9.59 Å². The molecular weight excluding hydrogens is 645 g/mol. The molecule has 3 N–H and O–H groups in total. The van der Waals surface area contributed by atoms with Crippen LogP contribution in [0.2, 0.25) is 0 Å². The molecule has 0 radical (unpaired) electrons. The molecule has 2 aromatic heterocycles. The van der Waals surface area contributed by atoms with Crippen molar-refractivity contribution in [3.8, 4) is 0 Å². The average molecular weight is 689 g/mol. The Kier molecular flexibility index (Phi) is 12.9. The summed E-state index contributed by atoms with van der Waals surface area (Å²) in [7, 11) is 0. The van der Waals surface area contributed by atoms with Crippen LogP contribution >= 0.6 is 22.7 Å². The molecule has 0 saturated heterocycles. The number of hydrogen-bond acceptors (Lipinski definition) is 8. The average Bonchev–Trinajstić information content (AvgIpc) is 3.52. The van der Waals surface area contributed by atoms with E-state index < -0.39 is 12.1 Å². The molecule has 0 aliphatic heterocycles. The maximum Gasteiger partial charge on any atom is 0.407 e. The Morgan fingerprint density at radius 2 is 1.54 bits per heavy atom. The van der Waals surface area contributed by atoms with Gasteiger partial charge in [-0.15, -0.1) is 22.7 Å². The van der Waals surface area contributed by atoms with Gasteiger partial charge in [0.25, 0.3) is 0 Å². The van der Waals surface area contributed by atoms with Gasteiger partial charge in [-0.05, 0) is 55.6 Å². The number of hydrogen-bond donors (Lipinski definition) is 3. The van der Waals surface area contributed by atoms with Crippen molar-refractivity contribution in [1.29, 1.82) is 0 Å². The second kappa shape index (κ2) is 17.7. The van der Waals surface area contributed by atoms with Gasteiger partial charge in [-0.1, -0.05) is 74.5 Å². The molecule has 5 rings (SSSR count). The summed E-state index contributed by atoms with van der Waals surface area (Å²) in [6.45, 7) is 4.46. The van der Waals surface area contributed by atoms with E-state index in [0.29, 0.717) is 32.2 Å². The molecule has 4 amide bonds. The fourth-order valence-electron chi connectivity index (χ4n) is 5.59. The van der Waals surface area contributed by atoms with Gasteiger partial charge < -0.3 is 25.6 Å². The Hall–Kier alpha value is -4.29. The summed E-state index contributed by atoms with van der Waals surface area (Å²) in [4.78, 5) is 51.4. The minimum absolute atomic E-state index is 0.132. The zero-order valence-corrected chi connectivity index (χ0v) is 29.1. The van der Waals surface area contributed by atoms with Crippen molar-refractivity contribution >= 4 is 40.7 Å². The summed E-state index contributed by atoms with van der Waals surface area (Å²) in [6, 6.07) is 18.8. The van der Waals surface area contributed by atoms with Crippen LogP contribution in [-0.4, -0.2) is 57.1 Å². The van der Waals surface area contributed by atoms with Crippen LogP contribution in [0, 0.1) is 5.92 Å². The SMILES string of the molecule is CC(C)[C@H](NC(=O)N(Cc1cscn1)C1CC1)C(=O)N[C@H](CC[C@H](Cc1ccccc1)NC(=O)OCc1cncs1)Cc1ccccc1. The molecule has 254 valence electrons. The minimum Gasteiger partial charge on any atom is -0.444 e. The summed E-state index contributed by atoms with van der Waals surface area (Å²) >= 11 is 2.94. The molecule has 1 fully saturated rings. The molecule has 12 heteroatoms. The Morgan fingerprint density at radius 1 is 0.896 bits per heavy atom. The number of ether oxygens (including phenoxy) is 1. The molecule has 2 aromatic carbocycles. The van der Waals surface area contributed by atoms with E-state index in [1.807, 2.05) is 79.9 Å². The zero-order chi connectivity index (χ0) is 33.7. The van der Waals surface area contributed by atoms with E-state index in [1.165, 1.54) is 22.7 Å². The normalized spacial score (nSPS) is 14.5. The van der Waals surface area contributed by atoms with Crippen LogP contribution in [0.3, 0.4) is 0 Å². The lowest BCUT2D eigenvalue weighted by Gasteiger charge is -2.29. The third-order valence-corrected chi connectivity index (χ3v) is 9.69. The second-order valence-corrected chi connectivity index (χ2v) is 14.2. The number of amides is 4. The van der Waals surface area contributed by atoms with Crippen LogP contribution in [0.25, 0.3) is 0 Å². The summed E-state index contributed by atoms with van der Waals surface area (Å²) in [5, 5.41) is 11.3. The minimum atomic E-state index is -0.715. The van der Waals surface area contributed by atoms with Gasteiger partial charge in [0.05, 0.1) is 28.1 Å². The van der Waals surface area contributed by atoms with Crippen LogP contribution < -0.4 is 16.0 Å². The molecule has 0 unspecified atom stereocenters. The van der Waals surface area contributed by atoms with Crippen LogP contribution in [0.1, 0.15) is 61.2 Å². The molecule has 48 heavy (non-hydrogen) atoms. The lowest BCUT2D eigenvalue weighted by Crippen LogP contribution is -2.55. The molecule has 10 nitrogen and oxygen atoms in total. The quantitative estimate of drug-likeness (QED) is 0.119. The van der Waals surface area contributed by atoms with Crippen molar-refractivity contribution in [2.75, 3.05) is 0 Å². The Balaban J connectivity index is 1.26. The molecule has 1 aliphatic carbocycles. The van der Waals surface area contributed by atoms with E-state index in [4.69, 9.17) is 4.74 Å². The monoisotopic (exact) mass is 688 g/mol. The van der Waals surface area contributed by atoms with E-state index in [9.17, 15) is 14.4 Å². The van der Waals surface area contributed by atoms with Gasteiger partial charge in [-0.25, -0.2) is 14.6 Å². The predicted molar refractivity (Wildman–Crippen MR) is 189 cm³/mol. The third-order valence-electron chi connectivity index (χ3n) is 8.30. The Bertz CT molecular complexity index is 1550. The molecule has 0 bridgehead atoms. The van der Waals surface area contributed by atoms with Crippen LogP contribution in [0.15, 0.2) is 83.3 Å². The summed E-state index contributed by atoms with van der Waals surface area (Å²) in [5.41, 5.74) is 6.50. The fourth-order valence-corrected chi connectivity index (χ4v) is 6.65. The van der Waals surface area contributed by atoms with Crippen molar-refractivity contribution in [3.63, 3.8) is 0 Å². The highest BCUT2D eigenvalue weighted by Gasteiger charge is 2.36. The van der Waals surface area contributed by atoms with Crippen LogP contribution in [-0.2, 0) is 35.5 Å². The van der Waals surface area contributed by atoms with Crippen molar-refractivity contribution in [2.45, 2.75) is 89.7 Å². The Labute approximate surface area is 290 Å². The molecule has 1 aliphatic rings. The first kappa shape index (κ1) is 35.0. The topological polar surface area (TPSA) is 126 Å². The van der Waals surface area contributed by atoms with Crippen molar-refractivity contribution in [1.82, 2.24) is 30.8 Å². The van der Waals surface area contributed by atoms with Gasteiger partial charge in [-0.3, -0.25) is 9.78 Å². The number of alkyl carbamates (subject to hydrolysis) is 1. The lowest BCUT2D eigenvalue weighted by atomic mass is 9.95. The maximum absolute atomic E-state index is 13.9. The lowest BCUT2D eigenvalue weighted by molar-refractivity contribution is -0.124. The number of nitrogens with one attached hydrogen (secondary N) is 3. The highest BCUT2D eigenvalue weighted by atomic mass is 32.1. The van der Waals surface area contributed by atoms with Gasteiger partial charge in [0.1, 0.15) is 12.6 Å². The van der Waals surface area contributed by atoms with Crippen molar-refractivity contribution in [2.24, 2.45) is 5.92 Å². The molecular formula is C36H44N6O4S2. The number of aromatic nitrogens is 2. The first-order valence-corrected chi connectivity index (χ1v) is 18.3. The molecule has 1 saturated carbocycles. The third kappa shape index (κ3) is 11.2. The number of carbonyl (C=O) groups is 3. The number of urea groups is 1. The van der Waals surface area contributed by atoms with E-state index in [-0.39, 0.29) is 42.6 Å². The van der Waals surface area contributed by atoms with E-state index >= 15 is 0 Å². The highest BCUT2D eigenvalue weighted by molar-refractivity contribution is 7.09. The summed E-state index contributed by atoms with van der Waals surface area (Å²) in [5.74, 6) is -0.354. The van der Waals surface area contributed by atoms with E-state index in [2.05, 4.69) is 25.9 Å². The number of rotatable bonds is 17. The first-order valence-electron chi connectivity index (χ1n) is 16.5. The molecule has 2 heterocycles. The highest BCUT2D eigenvalue weighted by Crippen LogP contribution is 2.28. The number of benzene rings is 2. The number of carbonyl (C=O) groups excluding carboxylic acids is 3. The largest absolute Gasteiger partial charge is 0.444 e. The summed E-state index contributed by atoms with van der Waals surface area (Å²) in [6.07, 6.45) is 5.52. The molecule has 0 spiro atoms. The van der Waals surface area contributed by atoms with Crippen molar-refractivity contribution < 1.29 is 19.1 Å². The van der Waals surface area contributed by atoms with Gasteiger partial charge >= 0.3 is 12.1 Å². The van der Waals surface area contributed by atoms with Gasteiger partial charge in [0.15, 0.2) is 0 Å². The second-order valence-electron chi connectivity index (χ2n) is 12.6. The van der Waals surface area contributed by atoms with Gasteiger partial charge in [0, 0.05) is 29.7 Å². The van der Waals surface area contributed by atoms with Gasteiger partial charge in [0.2, 0.25) is 5.91 Å². The smallest absolute Gasteiger partial charge is 0.407 e. The zero-order valence-electron chi connectivity index (χ0n) is 27.4. The Morgan fingerprint density at radius 3 is 2.08 bits per heavy atom. The molecule has 4 aromatic rings. The van der Waals surface area contributed by atoms with E-state index in [0.717, 1.165) is 34.5 Å². The fraction of sp³-hybridized carbons (Fsp3) is 0.417. The maximum atomic E-state index is 13.9. The van der Waals surface area contributed by atoms with Crippen LogP contribution in [0.5, 0.6) is 0 Å². The predicted octanol–water partition coefficient (Wildman–Crippen LogP) is 6.34. The van der Waals surface area contributed by atoms with Gasteiger partial charge in [-0.2, -0.15) is 0 Å². The standard InChI is InChI=1S/C36H44N6O4S2/c1-25(2)33(41-35(44)42(31-15-16-31)20-30-22-47-24-38-30)34(43)39-28(17-26-9-5-3-6-10-26)13-14-29(18-27-11-7-4-8-12-27)40-36(45)46-21-32-19-37-23-48-32/h3-12,19,22-25,28-29,31,33H,13-18,20-21H2,1-2H3,(H,39,43)(H,40,45)(H,41,44)/t28-,29-,33+/m1/s1. The molecule has 3 atom stereocenters. The van der Waals surface area contributed by atoms with E-state index in [1.54, 1.807) is 22.1 Å².